The summed E-state index contributed by atoms with van der Waals surface area (Å²) in [6.45, 7) is 9.34. The van der Waals surface area contributed by atoms with E-state index >= 15 is 0 Å². The molecule has 2 atom stereocenters. The molecule has 1 fully saturated rings. The Labute approximate surface area is 169 Å². The summed E-state index contributed by atoms with van der Waals surface area (Å²) < 4.78 is 5.90. The number of carbonyl (C=O) groups is 1. The molecule has 1 N–H and O–H groups in total. The molecule has 0 spiro atoms. The van der Waals surface area contributed by atoms with Gasteiger partial charge in [-0.3, -0.25) is 4.79 Å². The van der Waals surface area contributed by atoms with Gasteiger partial charge in [0.25, 0.3) is 5.91 Å². The number of nitrogens with one attached hydrogen (secondary N) is 1. The average molecular weight is 380 g/mol. The molecule has 2 aromatic carbocycles. The number of carbonyl (C=O) groups excluding carboxylic acids is 1. The third kappa shape index (κ3) is 5.37. The minimum atomic E-state index is 0.0315. The van der Waals surface area contributed by atoms with E-state index in [1.54, 1.807) is 0 Å². The van der Waals surface area contributed by atoms with Crippen molar-refractivity contribution in [3.05, 3.63) is 65.2 Å². The molecule has 1 aliphatic rings. The van der Waals surface area contributed by atoms with Crippen LogP contribution in [-0.2, 0) is 12.0 Å². The summed E-state index contributed by atoms with van der Waals surface area (Å²) in [6.07, 6.45) is 4.79. The van der Waals surface area contributed by atoms with E-state index in [1.807, 2.05) is 36.4 Å². The van der Waals surface area contributed by atoms with Gasteiger partial charge < -0.3 is 10.1 Å². The van der Waals surface area contributed by atoms with Crippen molar-refractivity contribution in [3.8, 4) is 5.75 Å². The first-order valence-corrected chi connectivity index (χ1v) is 10.5. The van der Waals surface area contributed by atoms with Gasteiger partial charge in [-0.05, 0) is 59.6 Å². The summed E-state index contributed by atoms with van der Waals surface area (Å²) >= 11 is 0. The SMILES string of the molecule is C[C@H]1CCCC[C@@H]1NC(=O)c1ccc(COc2ccc(C(C)(C)C)cc2)cc1. The van der Waals surface area contributed by atoms with Crippen molar-refractivity contribution in [1.29, 1.82) is 0 Å². The summed E-state index contributed by atoms with van der Waals surface area (Å²) in [4.78, 5) is 12.5. The number of amides is 1. The summed E-state index contributed by atoms with van der Waals surface area (Å²) in [5.74, 6) is 1.46. The van der Waals surface area contributed by atoms with E-state index in [0.29, 0.717) is 18.6 Å². The fraction of sp³-hybridized carbons (Fsp3) is 0.480. The van der Waals surface area contributed by atoms with Crippen molar-refractivity contribution in [3.63, 3.8) is 0 Å². The van der Waals surface area contributed by atoms with Crippen LogP contribution < -0.4 is 10.1 Å². The first kappa shape index (κ1) is 20.4. The predicted molar refractivity (Wildman–Crippen MR) is 115 cm³/mol. The molecule has 0 bridgehead atoms. The third-order valence-electron chi connectivity index (χ3n) is 5.77. The maximum atomic E-state index is 12.5. The zero-order valence-electron chi connectivity index (χ0n) is 17.6. The van der Waals surface area contributed by atoms with Gasteiger partial charge in [0.2, 0.25) is 0 Å². The van der Waals surface area contributed by atoms with E-state index in [0.717, 1.165) is 23.3 Å². The summed E-state index contributed by atoms with van der Waals surface area (Å²) in [5, 5.41) is 3.21. The monoisotopic (exact) mass is 379 g/mol. The van der Waals surface area contributed by atoms with Gasteiger partial charge in [0.15, 0.2) is 0 Å². The van der Waals surface area contributed by atoms with Crippen molar-refractivity contribution >= 4 is 5.91 Å². The fourth-order valence-electron chi connectivity index (χ4n) is 3.75. The van der Waals surface area contributed by atoms with Gasteiger partial charge in [-0.2, -0.15) is 0 Å². The Morgan fingerprint density at radius 1 is 1.00 bits per heavy atom. The molecule has 1 saturated carbocycles. The number of hydrogen-bond donors (Lipinski definition) is 1. The van der Waals surface area contributed by atoms with Crippen LogP contribution in [0.15, 0.2) is 48.5 Å². The van der Waals surface area contributed by atoms with Gasteiger partial charge in [0.05, 0.1) is 0 Å². The lowest BCUT2D eigenvalue weighted by Crippen LogP contribution is -2.41. The van der Waals surface area contributed by atoms with E-state index in [1.165, 1.54) is 24.8 Å². The summed E-state index contributed by atoms with van der Waals surface area (Å²) in [6, 6.07) is 16.3. The molecule has 0 saturated heterocycles. The molecule has 150 valence electrons. The van der Waals surface area contributed by atoms with Crippen molar-refractivity contribution in [1.82, 2.24) is 5.32 Å². The largest absolute Gasteiger partial charge is 0.489 e. The summed E-state index contributed by atoms with van der Waals surface area (Å²) in [5.41, 5.74) is 3.21. The first-order chi connectivity index (χ1) is 13.3. The minimum Gasteiger partial charge on any atom is -0.489 e. The molecule has 0 aromatic heterocycles. The molecular formula is C25H33NO2. The topological polar surface area (TPSA) is 38.3 Å². The zero-order chi connectivity index (χ0) is 20.1. The summed E-state index contributed by atoms with van der Waals surface area (Å²) in [7, 11) is 0. The Morgan fingerprint density at radius 3 is 2.25 bits per heavy atom. The molecular weight excluding hydrogens is 346 g/mol. The number of rotatable bonds is 5. The van der Waals surface area contributed by atoms with E-state index in [9.17, 15) is 4.79 Å². The Morgan fingerprint density at radius 2 is 1.64 bits per heavy atom. The molecule has 0 aliphatic heterocycles. The minimum absolute atomic E-state index is 0.0315. The molecule has 1 aliphatic carbocycles. The van der Waals surface area contributed by atoms with Gasteiger partial charge in [0.1, 0.15) is 12.4 Å². The third-order valence-corrected chi connectivity index (χ3v) is 5.77. The van der Waals surface area contributed by atoms with Crippen LogP contribution in [0, 0.1) is 5.92 Å². The fourth-order valence-corrected chi connectivity index (χ4v) is 3.75. The van der Waals surface area contributed by atoms with Crippen LogP contribution in [0.5, 0.6) is 5.75 Å². The molecule has 28 heavy (non-hydrogen) atoms. The van der Waals surface area contributed by atoms with Crippen LogP contribution in [-0.4, -0.2) is 11.9 Å². The standard InChI is InChI=1S/C25H33NO2/c1-18-7-5-6-8-23(18)26-24(27)20-11-9-19(10-12-20)17-28-22-15-13-21(14-16-22)25(2,3)4/h9-16,18,23H,5-8,17H2,1-4H3,(H,26,27)/t18-,23-/m0/s1. The smallest absolute Gasteiger partial charge is 0.251 e. The maximum absolute atomic E-state index is 12.5. The van der Waals surface area contributed by atoms with E-state index in [4.69, 9.17) is 4.74 Å². The lowest BCUT2D eigenvalue weighted by Gasteiger charge is -2.29. The van der Waals surface area contributed by atoms with Crippen LogP contribution >= 0.6 is 0 Å². The average Bonchev–Trinajstić information content (AvgIpc) is 2.68. The molecule has 0 radical (unpaired) electrons. The molecule has 3 rings (SSSR count). The second-order valence-electron chi connectivity index (χ2n) is 9.10. The molecule has 3 nitrogen and oxygen atoms in total. The van der Waals surface area contributed by atoms with E-state index in [-0.39, 0.29) is 11.3 Å². The number of benzene rings is 2. The second-order valence-corrected chi connectivity index (χ2v) is 9.10. The van der Waals surface area contributed by atoms with E-state index in [2.05, 4.69) is 45.1 Å². The molecule has 2 aromatic rings. The van der Waals surface area contributed by atoms with Crippen molar-refractivity contribution in [2.75, 3.05) is 0 Å². The predicted octanol–water partition coefficient (Wildman–Crippen LogP) is 5.87. The van der Waals surface area contributed by atoms with Crippen LogP contribution in [0.2, 0.25) is 0 Å². The zero-order valence-corrected chi connectivity index (χ0v) is 17.6. The van der Waals surface area contributed by atoms with Crippen molar-refractivity contribution < 1.29 is 9.53 Å². The Bertz CT molecular complexity index is 772. The highest BCUT2D eigenvalue weighted by Crippen LogP contribution is 2.25. The first-order valence-electron chi connectivity index (χ1n) is 10.5. The van der Waals surface area contributed by atoms with E-state index < -0.39 is 0 Å². The van der Waals surface area contributed by atoms with Crippen LogP contribution in [0.3, 0.4) is 0 Å². The molecule has 1 amide bonds. The Hall–Kier alpha value is -2.29. The van der Waals surface area contributed by atoms with Crippen molar-refractivity contribution in [2.24, 2.45) is 5.92 Å². The molecule has 0 unspecified atom stereocenters. The Balaban J connectivity index is 1.53. The lowest BCUT2D eigenvalue weighted by molar-refractivity contribution is 0.0910. The van der Waals surface area contributed by atoms with Crippen LogP contribution in [0.4, 0.5) is 0 Å². The highest BCUT2D eigenvalue weighted by Gasteiger charge is 2.23. The quantitative estimate of drug-likeness (QED) is 0.705. The van der Waals surface area contributed by atoms with Gasteiger partial charge in [0, 0.05) is 11.6 Å². The second kappa shape index (κ2) is 8.81. The van der Waals surface area contributed by atoms with Gasteiger partial charge in [-0.15, -0.1) is 0 Å². The molecule has 0 heterocycles. The maximum Gasteiger partial charge on any atom is 0.251 e. The highest BCUT2D eigenvalue weighted by atomic mass is 16.5. The highest BCUT2D eigenvalue weighted by molar-refractivity contribution is 5.94. The lowest BCUT2D eigenvalue weighted by atomic mass is 9.86. The van der Waals surface area contributed by atoms with Crippen LogP contribution in [0.1, 0.15) is 74.9 Å². The number of hydrogen-bond acceptors (Lipinski definition) is 2. The van der Waals surface area contributed by atoms with Gasteiger partial charge >= 0.3 is 0 Å². The molecule has 3 heteroatoms. The normalized spacial score (nSPS) is 19.9. The van der Waals surface area contributed by atoms with Crippen LogP contribution in [0.25, 0.3) is 0 Å². The van der Waals surface area contributed by atoms with Crippen molar-refractivity contribution in [2.45, 2.75) is 71.4 Å². The van der Waals surface area contributed by atoms with Gasteiger partial charge in [-0.25, -0.2) is 0 Å². The Kier molecular flexibility index (Phi) is 6.43. The van der Waals surface area contributed by atoms with Gasteiger partial charge in [-0.1, -0.05) is 64.8 Å². The number of ether oxygens (including phenoxy) is 1.